The lowest BCUT2D eigenvalue weighted by molar-refractivity contribution is -0.132. The molecule has 0 unspecified atom stereocenters. The van der Waals surface area contributed by atoms with Gasteiger partial charge < -0.3 is 19.5 Å². The predicted octanol–water partition coefficient (Wildman–Crippen LogP) is 2.92. The third kappa shape index (κ3) is 5.34. The van der Waals surface area contributed by atoms with E-state index in [2.05, 4.69) is 5.32 Å². The van der Waals surface area contributed by atoms with Crippen LogP contribution in [0.4, 0.5) is 0 Å². The zero-order valence-electron chi connectivity index (χ0n) is 20.4. The number of ether oxygens (including phenoxy) is 3. The van der Waals surface area contributed by atoms with Crippen molar-refractivity contribution in [3.63, 3.8) is 0 Å². The Labute approximate surface area is 216 Å². The standard InChI is InChI=1S/C28H21NO9/c1-15(31)37-22-5-3-4-20-24(22)27(34)25-21(26(20)33)10-19(11-23(25)38-16(2)32)28(35)36-13-18-8-6-17(7-9-18)12-29-14-30/h3-11,14H,12-13H2,1-2H3,(H,29,30). The molecule has 0 aliphatic heterocycles. The number of benzene rings is 3. The SMILES string of the molecule is CC(=O)Oc1cccc2c1C(=O)c1c(OC(C)=O)cc(C(=O)OCc3ccc(CNC=O)cc3)cc1C2=O. The first kappa shape index (κ1) is 26.0. The van der Waals surface area contributed by atoms with Gasteiger partial charge in [-0.25, -0.2) is 4.79 Å². The summed E-state index contributed by atoms with van der Waals surface area (Å²) in [5.74, 6) is -4.00. The van der Waals surface area contributed by atoms with Crippen LogP contribution >= 0.6 is 0 Å². The van der Waals surface area contributed by atoms with Crippen molar-refractivity contribution in [1.29, 1.82) is 0 Å². The minimum atomic E-state index is -0.812. The molecule has 38 heavy (non-hydrogen) atoms. The molecule has 192 valence electrons. The summed E-state index contributed by atoms with van der Waals surface area (Å²) in [6.07, 6.45) is 0.591. The number of ketones is 2. The second kappa shape index (κ2) is 10.9. The van der Waals surface area contributed by atoms with Crippen molar-refractivity contribution in [2.75, 3.05) is 0 Å². The quantitative estimate of drug-likeness (QED) is 0.213. The highest BCUT2D eigenvalue weighted by molar-refractivity contribution is 6.30. The highest BCUT2D eigenvalue weighted by Gasteiger charge is 2.36. The van der Waals surface area contributed by atoms with Gasteiger partial charge in [0.05, 0.1) is 16.7 Å². The molecule has 0 atom stereocenters. The van der Waals surface area contributed by atoms with Gasteiger partial charge >= 0.3 is 17.9 Å². The minimum absolute atomic E-state index is 0.0234. The lowest BCUT2D eigenvalue weighted by Crippen LogP contribution is -2.25. The molecule has 1 aliphatic carbocycles. The average Bonchev–Trinajstić information content (AvgIpc) is 2.88. The van der Waals surface area contributed by atoms with E-state index in [9.17, 15) is 28.8 Å². The van der Waals surface area contributed by atoms with Crippen molar-refractivity contribution < 1.29 is 43.0 Å². The molecule has 4 rings (SSSR count). The van der Waals surface area contributed by atoms with Crippen LogP contribution in [0.15, 0.2) is 54.6 Å². The van der Waals surface area contributed by atoms with E-state index in [-0.39, 0.29) is 45.9 Å². The van der Waals surface area contributed by atoms with E-state index >= 15 is 0 Å². The summed E-state index contributed by atoms with van der Waals surface area (Å²) in [5, 5.41) is 2.55. The van der Waals surface area contributed by atoms with Crippen LogP contribution in [0, 0.1) is 0 Å². The van der Waals surface area contributed by atoms with E-state index in [1.54, 1.807) is 24.3 Å². The molecule has 0 spiro atoms. The van der Waals surface area contributed by atoms with Gasteiger partial charge in [0.1, 0.15) is 18.1 Å². The number of amides is 1. The van der Waals surface area contributed by atoms with E-state index in [1.165, 1.54) is 24.3 Å². The van der Waals surface area contributed by atoms with E-state index in [0.717, 1.165) is 25.5 Å². The Morgan fingerprint density at radius 2 is 1.42 bits per heavy atom. The molecule has 0 aromatic heterocycles. The summed E-state index contributed by atoms with van der Waals surface area (Å²) < 4.78 is 15.7. The maximum atomic E-state index is 13.5. The Bertz CT molecular complexity index is 1490. The van der Waals surface area contributed by atoms with Crippen LogP contribution in [0.25, 0.3) is 0 Å². The topological polar surface area (TPSA) is 142 Å². The molecule has 1 aliphatic rings. The highest BCUT2D eigenvalue weighted by atomic mass is 16.5. The minimum Gasteiger partial charge on any atom is -0.457 e. The molecule has 0 saturated carbocycles. The van der Waals surface area contributed by atoms with Gasteiger partial charge in [0.2, 0.25) is 12.2 Å². The van der Waals surface area contributed by atoms with Gasteiger partial charge in [0.25, 0.3) is 0 Å². The Morgan fingerprint density at radius 1 is 0.789 bits per heavy atom. The van der Waals surface area contributed by atoms with Crippen LogP contribution in [0.5, 0.6) is 11.5 Å². The van der Waals surface area contributed by atoms with Crippen LogP contribution in [0.1, 0.15) is 67.2 Å². The van der Waals surface area contributed by atoms with E-state index < -0.39 is 29.5 Å². The average molecular weight is 515 g/mol. The fraction of sp³-hybridized carbons (Fsp3) is 0.143. The summed E-state index contributed by atoms with van der Waals surface area (Å²) >= 11 is 0. The zero-order valence-corrected chi connectivity index (χ0v) is 20.4. The lowest BCUT2D eigenvalue weighted by atomic mass is 9.82. The van der Waals surface area contributed by atoms with Crippen molar-refractivity contribution in [3.8, 4) is 11.5 Å². The number of carbonyl (C=O) groups excluding carboxylic acids is 6. The molecule has 3 aromatic rings. The van der Waals surface area contributed by atoms with Gasteiger partial charge in [-0.15, -0.1) is 0 Å². The number of fused-ring (bicyclic) bond motifs is 2. The fourth-order valence-electron chi connectivity index (χ4n) is 3.99. The number of hydrogen-bond donors (Lipinski definition) is 1. The number of hydrogen-bond acceptors (Lipinski definition) is 9. The van der Waals surface area contributed by atoms with Gasteiger partial charge in [-0.3, -0.25) is 24.0 Å². The van der Waals surface area contributed by atoms with Crippen molar-refractivity contribution in [2.45, 2.75) is 27.0 Å². The summed E-state index contributed by atoms with van der Waals surface area (Å²) in [4.78, 5) is 73.5. The van der Waals surface area contributed by atoms with Gasteiger partial charge in [-0.2, -0.15) is 0 Å². The summed E-state index contributed by atoms with van der Waals surface area (Å²) in [5.41, 5.74) is 0.874. The third-order valence-electron chi connectivity index (χ3n) is 5.60. The molecular formula is C28H21NO9. The van der Waals surface area contributed by atoms with Crippen LogP contribution in [-0.2, 0) is 32.3 Å². The second-order valence-electron chi connectivity index (χ2n) is 8.31. The lowest BCUT2D eigenvalue weighted by Gasteiger charge is -2.22. The van der Waals surface area contributed by atoms with E-state index in [0.29, 0.717) is 18.5 Å². The van der Waals surface area contributed by atoms with Gasteiger partial charge in [-0.1, -0.05) is 36.4 Å². The van der Waals surface area contributed by atoms with Crippen molar-refractivity contribution in [2.24, 2.45) is 0 Å². The van der Waals surface area contributed by atoms with Crippen LogP contribution in [-0.4, -0.2) is 35.9 Å². The molecule has 0 heterocycles. The van der Waals surface area contributed by atoms with Crippen molar-refractivity contribution in [1.82, 2.24) is 5.32 Å². The van der Waals surface area contributed by atoms with E-state index in [4.69, 9.17) is 14.2 Å². The first-order valence-electron chi connectivity index (χ1n) is 11.4. The molecule has 0 saturated heterocycles. The Kier molecular flexibility index (Phi) is 7.43. The third-order valence-corrected chi connectivity index (χ3v) is 5.60. The van der Waals surface area contributed by atoms with Crippen LogP contribution < -0.4 is 14.8 Å². The van der Waals surface area contributed by atoms with Gasteiger partial charge in [0, 0.05) is 31.5 Å². The smallest absolute Gasteiger partial charge is 0.338 e. The number of esters is 3. The maximum absolute atomic E-state index is 13.5. The maximum Gasteiger partial charge on any atom is 0.338 e. The first-order chi connectivity index (χ1) is 18.2. The van der Waals surface area contributed by atoms with Crippen molar-refractivity contribution in [3.05, 3.63) is 93.5 Å². The Balaban J connectivity index is 1.66. The molecule has 1 N–H and O–H groups in total. The molecule has 1 amide bonds. The van der Waals surface area contributed by atoms with Crippen molar-refractivity contribution >= 4 is 35.9 Å². The zero-order chi connectivity index (χ0) is 27.4. The predicted molar refractivity (Wildman–Crippen MR) is 131 cm³/mol. The Hall–Kier alpha value is -5.12. The number of carbonyl (C=O) groups is 6. The summed E-state index contributed by atoms with van der Waals surface area (Å²) in [6, 6.07) is 13.6. The molecule has 3 aromatic carbocycles. The largest absolute Gasteiger partial charge is 0.457 e. The number of rotatable bonds is 8. The normalized spacial score (nSPS) is 11.6. The molecule has 10 nitrogen and oxygen atoms in total. The molecule has 0 bridgehead atoms. The van der Waals surface area contributed by atoms with Gasteiger partial charge in [0.15, 0.2) is 5.78 Å². The molecular weight excluding hydrogens is 494 g/mol. The summed E-state index contributed by atoms with van der Waals surface area (Å²) in [6.45, 7) is 2.53. The number of nitrogens with one attached hydrogen (secondary N) is 1. The molecule has 0 fully saturated rings. The second-order valence-corrected chi connectivity index (χ2v) is 8.31. The summed E-state index contributed by atoms with van der Waals surface area (Å²) in [7, 11) is 0. The first-order valence-corrected chi connectivity index (χ1v) is 11.4. The Morgan fingerprint density at radius 3 is 2.08 bits per heavy atom. The van der Waals surface area contributed by atoms with Gasteiger partial charge in [-0.05, 0) is 29.3 Å². The fourth-order valence-corrected chi connectivity index (χ4v) is 3.99. The highest BCUT2D eigenvalue weighted by Crippen LogP contribution is 2.38. The van der Waals surface area contributed by atoms with Crippen LogP contribution in [0.2, 0.25) is 0 Å². The monoisotopic (exact) mass is 515 g/mol. The van der Waals surface area contributed by atoms with Crippen LogP contribution in [0.3, 0.4) is 0 Å². The molecule has 0 radical (unpaired) electrons. The van der Waals surface area contributed by atoms with E-state index in [1.807, 2.05) is 0 Å². The molecule has 10 heteroatoms.